The Morgan fingerprint density at radius 1 is 1.35 bits per heavy atom. The molecule has 7 nitrogen and oxygen atoms in total. The predicted octanol–water partition coefficient (Wildman–Crippen LogP) is 2.49. The van der Waals surface area contributed by atoms with Gasteiger partial charge < -0.3 is 9.84 Å². The molecule has 1 aliphatic heterocycles. The highest BCUT2D eigenvalue weighted by Crippen LogP contribution is 2.31. The summed E-state index contributed by atoms with van der Waals surface area (Å²) in [5, 5.41) is 7.31. The van der Waals surface area contributed by atoms with Crippen LogP contribution in [0.1, 0.15) is 27.3 Å². The van der Waals surface area contributed by atoms with Gasteiger partial charge in [-0.05, 0) is 38.5 Å². The monoisotopic (exact) mass is 391 g/mol. The summed E-state index contributed by atoms with van der Waals surface area (Å²) in [5.74, 6) is -0.247. The summed E-state index contributed by atoms with van der Waals surface area (Å²) < 4.78 is 28.6. The molecule has 0 aliphatic carbocycles. The van der Waals surface area contributed by atoms with Crippen molar-refractivity contribution in [3.05, 3.63) is 34.3 Å². The predicted molar refractivity (Wildman–Crippen MR) is 99.1 cm³/mol. The van der Waals surface area contributed by atoms with Gasteiger partial charge in [0.1, 0.15) is 0 Å². The number of carbonyl (C=O) groups is 1. The van der Waals surface area contributed by atoms with E-state index in [0.29, 0.717) is 34.5 Å². The van der Waals surface area contributed by atoms with Gasteiger partial charge in [0, 0.05) is 10.9 Å². The van der Waals surface area contributed by atoms with E-state index in [1.165, 1.54) is 0 Å². The van der Waals surface area contributed by atoms with Gasteiger partial charge in [-0.3, -0.25) is 4.79 Å². The molecule has 9 heteroatoms. The molecule has 0 spiro atoms. The zero-order valence-corrected chi connectivity index (χ0v) is 15.9. The largest absolute Gasteiger partial charge is 0.348 e. The second kappa shape index (κ2) is 6.17. The lowest BCUT2D eigenvalue weighted by atomic mass is 10.1. The van der Waals surface area contributed by atoms with Crippen LogP contribution < -0.4 is 5.32 Å². The number of hydrogen-bond acceptors (Lipinski definition) is 7. The van der Waals surface area contributed by atoms with Gasteiger partial charge in [0.15, 0.2) is 9.84 Å². The van der Waals surface area contributed by atoms with Gasteiger partial charge in [-0.15, -0.1) is 11.3 Å². The van der Waals surface area contributed by atoms with Crippen LogP contribution in [0.4, 0.5) is 0 Å². The molecule has 3 aromatic heterocycles. The highest BCUT2D eigenvalue weighted by atomic mass is 32.2. The minimum atomic E-state index is -3.07. The van der Waals surface area contributed by atoms with Crippen molar-refractivity contribution < 1.29 is 17.7 Å². The van der Waals surface area contributed by atoms with E-state index in [1.54, 1.807) is 24.3 Å². The number of rotatable bonds is 3. The highest BCUT2D eigenvalue weighted by Gasteiger charge is 2.30. The SMILES string of the molecule is Cc1ccc(-c2cc(C(=O)N[C@@H]3CCS(=O)(=O)C3)c3c(C)noc3n2)s1. The van der Waals surface area contributed by atoms with Gasteiger partial charge >= 0.3 is 0 Å². The molecule has 1 saturated heterocycles. The average molecular weight is 391 g/mol. The Bertz CT molecular complexity index is 1110. The molecule has 0 radical (unpaired) electrons. The Balaban J connectivity index is 1.75. The zero-order valence-electron chi connectivity index (χ0n) is 14.3. The molecule has 1 fully saturated rings. The smallest absolute Gasteiger partial charge is 0.259 e. The first-order valence-electron chi connectivity index (χ1n) is 8.17. The summed E-state index contributed by atoms with van der Waals surface area (Å²) in [6.45, 7) is 3.75. The maximum atomic E-state index is 12.9. The molecule has 0 aromatic carbocycles. The first-order chi connectivity index (χ1) is 12.3. The quantitative estimate of drug-likeness (QED) is 0.736. The number of fused-ring (bicyclic) bond motifs is 1. The number of aromatic nitrogens is 2. The van der Waals surface area contributed by atoms with Crippen LogP contribution in [0.25, 0.3) is 21.7 Å². The Labute approximate surface area is 154 Å². The molecule has 26 heavy (non-hydrogen) atoms. The first-order valence-corrected chi connectivity index (χ1v) is 10.8. The minimum Gasteiger partial charge on any atom is -0.348 e. The maximum Gasteiger partial charge on any atom is 0.259 e. The van der Waals surface area contributed by atoms with E-state index in [9.17, 15) is 13.2 Å². The fourth-order valence-corrected chi connectivity index (χ4v) is 5.65. The second-order valence-corrected chi connectivity index (χ2v) is 10.0. The van der Waals surface area contributed by atoms with Crippen molar-refractivity contribution in [1.29, 1.82) is 0 Å². The van der Waals surface area contributed by atoms with E-state index in [4.69, 9.17) is 4.52 Å². The van der Waals surface area contributed by atoms with Gasteiger partial charge in [-0.25, -0.2) is 13.4 Å². The van der Waals surface area contributed by atoms with E-state index in [2.05, 4.69) is 15.5 Å². The lowest BCUT2D eigenvalue weighted by Crippen LogP contribution is -2.35. The molecule has 1 amide bonds. The second-order valence-electron chi connectivity index (χ2n) is 6.49. The number of nitrogens with one attached hydrogen (secondary N) is 1. The number of carbonyl (C=O) groups excluding carboxylic acids is 1. The van der Waals surface area contributed by atoms with Crippen LogP contribution >= 0.6 is 11.3 Å². The Morgan fingerprint density at radius 2 is 2.15 bits per heavy atom. The van der Waals surface area contributed by atoms with Gasteiger partial charge in [0.05, 0.1) is 38.7 Å². The fourth-order valence-electron chi connectivity index (χ4n) is 3.14. The van der Waals surface area contributed by atoms with E-state index < -0.39 is 9.84 Å². The Kier molecular flexibility index (Phi) is 4.07. The Hall–Kier alpha value is -2.26. The number of hydrogen-bond donors (Lipinski definition) is 1. The normalized spacial score (nSPS) is 19.1. The topological polar surface area (TPSA) is 102 Å². The van der Waals surface area contributed by atoms with Crippen molar-refractivity contribution in [2.24, 2.45) is 0 Å². The molecule has 1 atom stereocenters. The maximum absolute atomic E-state index is 12.9. The molecule has 4 heterocycles. The molecule has 0 saturated carbocycles. The van der Waals surface area contributed by atoms with E-state index in [-0.39, 0.29) is 23.5 Å². The molecule has 136 valence electrons. The van der Waals surface area contributed by atoms with Crippen molar-refractivity contribution in [3.8, 4) is 10.6 Å². The molecule has 4 rings (SSSR count). The van der Waals surface area contributed by atoms with Crippen molar-refractivity contribution in [2.45, 2.75) is 26.3 Å². The van der Waals surface area contributed by atoms with Crippen LogP contribution in [0.5, 0.6) is 0 Å². The first kappa shape index (κ1) is 17.2. The van der Waals surface area contributed by atoms with Crippen molar-refractivity contribution in [1.82, 2.24) is 15.5 Å². The van der Waals surface area contributed by atoms with Crippen molar-refractivity contribution in [2.75, 3.05) is 11.5 Å². The number of thiophene rings is 1. The lowest BCUT2D eigenvalue weighted by molar-refractivity contribution is 0.0942. The standard InChI is InChI=1S/C17H17N3O4S2/c1-9-3-4-14(25-9)13-7-12(15-10(2)20-24-17(15)19-13)16(21)18-11-5-6-26(22,23)8-11/h3-4,7,11H,5-6,8H2,1-2H3,(H,18,21)/t11-/m1/s1. The van der Waals surface area contributed by atoms with Crippen LogP contribution in [-0.2, 0) is 9.84 Å². The highest BCUT2D eigenvalue weighted by molar-refractivity contribution is 7.91. The molecule has 1 N–H and O–H groups in total. The zero-order chi connectivity index (χ0) is 18.5. The van der Waals surface area contributed by atoms with Gasteiger partial charge in [-0.2, -0.15) is 0 Å². The number of nitrogens with zero attached hydrogens (tertiary/aromatic N) is 2. The van der Waals surface area contributed by atoms with Crippen LogP contribution in [0, 0.1) is 13.8 Å². The van der Waals surface area contributed by atoms with Crippen LogP contribution in [0.3, 0.4) is 0 Å². The van der Waals surface area contributed by atoms with Crippen LogP contribution in [0.15, 0.2) is 22.7 Å². The van der Waals surface area contributed by atoms with Gasteiger partial charge in [-0.1, -0.05) is 5.16 Å². The lowest BCUT2D eigenvalue weighted by Gasteiger charge is -2.12. The summed E-state index contributed by atoms with van der Waals surface area (Å²) in [6.07, 6.45) is 0.432. The van der Waals surface area contributed by atoms with Gasteiger partial charge in [0.25, 0.3) is 11.6 Å². The van der Waals surface area contributed by atoms with Crippen molar-refractivity contribution >= 4 is 38.2 Å². The summed E-state index contributed by atoms with van der Waals surface area (Å²) in [6, 6.07) is 5.28. The van der Waals surface area contributed by atoms with Gasteiger partial charge in [0.2, 0.25) is 0 Å². The van der Waals surface area contributed by atoms with E-state index in [0.717, 1.165) is 9.75 Å². The summed E-state index contributed by atoms with van der Waals surface area (Å²) in [5.41, 5.74) is 1.91. The number of aryl methyl sites for hydroxylation is 2. The number of sulfone groups is 1. The molecule has 0 bridgehead atoms. The number of amides is 1. The summed E-state index contributed by atoms with van der Waals surface area (Å²) in [7, 11) is -3.07. The molecular formula is C17H17N3O4S2. The van der Waals surface area contributed by atoms with Crippen LogP contribution in [0.2, 0.25) is 0 Å². The Morgan fingerprint density at radius 3 is 2.81 bits per heavy atom. The van der Waals surface area contributed by atoms with Crippen LogP contribution in [-0.4, -0.2) is 42.0 Å². The minimum absolute atomic E-state index is 0.0213. The third kappa shape index (κ3) is 3.12. The molecule has 3 aromatic rings. The van der Waals surface area contributed by atoms with E-state index >= 15 is 0 Å². The number of pyridine rings is 1. The third-order valence-electron chi connectivity index (χ3n) is 4.42. The molecular weight excluding hydrogens is 374 g/mol. The molecule has 0 unspecified atom stereocenters. The summed E-state index contributed by atoms with van der Waals surface area (Å²) >= 11 is 1.57. The average Bonchev–Trinajstić information content (AvgIpc) is 3.26. The third-order valence-corrected chi connectivity index (χ3v) is 7.21. The van der Waals surface area contributed by atoms with Crippen molar-refractivity contribution in [3.63, 3.8) is 0 Å². The fraction of sp³-hybridized carbons (Fsp3) is 0.353. The van der Waals surface area contributed by atoms with E-state index in [1.807, 2.05) is 19.1 Å². The summed E-state index contributed by atoms with van der Waals surface area (Å²) in [4.78, 5) is 19.4. The molecule has 1 aliphatic rings.